The third-order valence-electron chi connectivity index (χ3n) is 4.53. The molecule has 1 aliphatic heterocycles. The lowest BCUT2D eigenvalue weighted by atomic mass is 10.2. The summed E-state index contributed by atoms with van der Waals surface area (Å²) in [5, 5.41) is 0.192. The van der Waals surface area contributed by atoms with E-state index in [4.69, 9.17) is 16.3 Å². The Morgan fingerprint density at radius 1 is 1.28 bits per heavy atom. The predicted molar refractivity (Wildman–Crippen MR) is 96.2 cm³/mol. The van der Waals surface area contributed by atoms with E-state index in [0.717, 1.165) is 24.2 Å². The smallest absolute Gasteiger partial charge is 0.332 e. The zero-order valence-corrected chi connectivity index (χ0v) is 15.8. The normalized spacial score (nSPS) is 19.2. The molecule has 0 N–H and O–H groups in total. The zero-order chi connectivity index (χ0) is 18.3. The first kappa shape index (κ1) is 18.2. The van der Waals surface area contributed by atoms with Crippen molar-refractivity contribution in [2.75, 3.05) is 26.2 Å². The molecule has 8 nitrogen and oxygen atoms in total. The number of aromatic nitrogens is 4. The van der Waals surface area contributed by atoms with E-state index in [9.17, 15) is 9.59 Å². The van der Waals surface area contributed by atoms with Gasteiger partial charge in [0.25, 0.3) is 5.56 Å². The van der Waals surface area contributed by atoms with Gasteiger partial charge in [-0.15, -0.1) is 0 Å². The molecule has 0 radical (unpaired) electrons. The number of nitrogens with zero attached hydrogens (tertiary/aromatic N) is 5. The minimum absolute atomic E-state index is 0.0793. The summed E-state index contributed by atoms with van der Waals surface area (Å²) in [6, 6.07) is 0. The first-order valence-corrected chi connectivity index (χ1v) is 8.83. The number of ether oxygens (including phenoxy) is 1. The van der Waals surface area contributed by atoms with Gasteiger partial charge in [-0.05, 0) is 17.5 Å². The Bertz CT molecular complexity index is 898. The highest BCUT2D eigenvalue weighted by atomic mass is 35.5. The second-order valence-corrected chi connectivity index (χ2v) is 7.35. The van der Waals surface area contributed by atoms with Crippen molar-refractivity contribution in [3.63, 3.8) is 0 Å². The third kappa shape index (κ3) is 3.38. The topological polar surface area (TPSA) is 74.3 Å². The van der Waals surface area contributed by atoms with Crippen molar-refractivity contribution in [3.05, 3.63) is 26.1 Å². The Morgan fingerprint density at radius 3 is 2.68 bits per heavy atom. The number of aryl methyl sites for hydroxylation is 1. The van der Waals surface area contributed by atoms with Crippen molar-refractivity contribution in [1.29, 1.82) is 0 Å². The van der Waals surface area contributed by atoms with E-state index in [-0.39, 0.29) is 11.4 Å². The van der Waals surface area contributed by atoms with Gasteiger partial charge in [-0.2, -0.15) is 4.98 Å². The summed E-state index contributed by atoms with van der Waals surface area (Å²) in [7, 11) is 3.04. The molecule has 2 aromatic rings. The van der Waals surface area contributed by atoms with Crippen LogP contribution >= 0.6 is 11.6 Å². The fourth-order valence-electron chi connectivity index (χ4n) is 3.36. The SMILES string of the molecule is CC(C)CN1CCO[C@H](Cn2c(Cl)nc3c2c(=O)n(C)c(=O)n3C)C1. The molecule has 3 rings (SSSR count). The Labute approximate surface area is 150 Å². The molecule has 0 aliphatic carbocycles. The average molecular weight is 370 g/mol. The molecule has 1 aliphatic rings. The summed E-state index contributed by atoms with van der Waals surface area (Å²) >= 11 is 6.28. The maximum absolute atomic E-state index is 12.6. The van der Waals surface area contributed by atoms with Crippen LogP contribution in [0.4, 0.5) is 0 Å². The Kier molecular flexibility index (Phi) is 5.04. The maximum atomic E-state index is 12.6. The van der Waals surface area contributed by atoms with Crippen LogP contribution in [-0.4, -0.2) is 55.9 Å². The number of imidazole rings is 1. The van der Waals surface area contributed by atoms with Crippen molar-refractivity contribution < 1.29 is 4.74 Å². The molecule has 3 heterocycles. The van der Waals surface area contributed by atoms with E-state index in [1.54, 1.807) is 11.6 Å². The van der Waals surface area contributed by atoms with Crippen LogP contribution < -0.4 is 11.2 Å². The highest BCUT2D eigenvalue weighted by Crippen LogP contribution is 2.18. The second-order valence-electron chi connectivity index (χ2n) is 7.02. The van der Waals surface area contributed by atoms with Crippen molar-refractivity contribution >= 4 is 22.8 Å². The Morgan fingerprint density at radius 2 is 2.00 bits per heavy atom. The summed E-state index contributed by atoms with van der Waals surface area (Å²) in [5.74, 6) is 0.582. The first-order chi connectivity index (χ1) is 11.8. The highest BCUT2D eigenvalue weighted by Gasteiger charge is 2.25. The summed E-state index contributed by atoms with van der Waals surface area (Å²) in [4.78, 5) is 31.2. The van der Waals surface area contributed by atoms with E-state index in [2.05, 4.69) is 23.7 Å². The molecule has 1 fully saturated rings. The van der Waals surface area contributed by atoms with Crippen LogP contribution in [0.25, 0.3) is 11.2 Å². The van der Waals surface area contributed by atoms with E-state index in [0.29, 0.717) is 30.2 Å². The van der Waals surface area contributed by atoms with E-state index in [1.807, 2.05) is 0 Å². The van der Waals surface area contributed by atoms with Crippen LogP contribution in [0.15, 0.2) is 9.59 Å². The highest BCUT2D eigenvalue weighted by molar-refractivity contribution is 6.29. The average Bonchev–Trinajstić information content (AvgIpc) is 2.87. The summed E-state index contributed by atoms with van der Waals surface area (Å²) in [5.41, 5.74) is -0.185. The van der Waals surface area contributed by atoms with Crippen molar-refractivity contribution in [2.24, 2.45) is 20.0 Å². The number of halogens is 1. The molecule has 0 saturated carbocycles. The quantitative estimate of drug-likeness (QED) is 0.731. The lowest BCUT2D eigenvalue weighted by Gasteiger charge is -2.34. The lowest BCUT2D eigenvalue weighted by Crippen LogP contribution is -2.45. The van der Waals surface area contributed by atoms with Crippen LogP contribution in [-0.2, 0) is 25.4 Å². The molecule has 0 amide bonds. The van der Waals surface area contributed by atoms with Crippen LogP contribution in [0, 0.1) is 5.92 Å². The molecule has 2 aromatic heterocycles. The molecule has 138 valence electrons. The third-order valence-corrected chi connectivity index (χ3v) is 4.82. The van der Waals surface area contributed by atoms with Gasteiger partial charge < -0.3 is 9.30 Å². The van der Waals surface area contributed by atoms with Crippen LogP contribution in [0.3, 0.4) is 0 Å². The van der Waals surface area contributed by atoms with Gasteiger partial charge in [0.2, 0.25) is 5.28 Å². The van der Waals surface area contributed by atoms with Crippen molar-refractivity contribution in [1.82, 2.24) is 23.6 Å². The number of rotatable bonds is 4. The van der Waals surface area contributed by atoms with Crippen molar-refractivity contribution in [2.45, 2.75) is 26.5 Å². The van der Waals surface area contributed by atoms with E-state index >= 15 is 0 Å². The van der Waals surface area contributed by atoms with Gasteiger partial charge in [0.1, 0.15) is 0 Å². The van der Waals surface area contributed by atoms with Gasteiger partial charge in [-0.25, -0.2) is 4.79 Å². The molecule has 25 heavy (non-hydrogen) atoms. The standard InChI is InChI=1S/C16H24ClN5O3/c1-10(2)7-21-5-6-25-11(8-21)9-22-12-13(18-15(22)17)19(3)16(24)20(4)14(12)23/h10-11H,5-9H2,1-4H3/t11-/m0/s1. The summed E-state index contributed by atoms with van der Waals surface area (Å²) < 4.78 is 9.93. The second kappa shape index (κ2) is 6.93. The fourth-order valence-corrected chi connectivity index (χ4v) is 3.60. The van der Waals surface area contributed by atoms with Gasteiger partial charge in [0.15, 0.2) is 11.2 Å². The predicted octanol–water partition coefficient (Wildman–Crippen LogP) is 0.444. The van der Waals surface area contributed by atoms with Gasteiger partial charge in [-0.3, -0.25) is 18.8 Å². The Hall–Kier alpha value is -1.64. The van der Waals surface area contributed by atoms with Crippen molar-refractivity contribution in [3.8, 4) is 0 Å². The minimum atomic E-state index is -0.421. The molecular weight excluding hydrogens is 346 g/mol. The minimum Gasteiger partial charge on any atom is -0.374 e. The number of hydrogen-bond acceptors (Lipinski definition) is 5. The van der Waals surface area contributed by atoms with Crippen LogP contribution in [0.1, 0.15) is 13.8 Å². The van der Waals surface area contributed by atoms with Gasteiger partial charge in [0.05, 0.1) is 19.3 Å². The molecule has 1 atom stereocenters. The fraction of sp³-hybridized carbons (Fsp3) is 0.688. The number of morpholine rings is 1. The molecule has 0 bridgehead atoms. The summed E-state index contributed by atoms with van der Waals surface area (Å²) in [6.45, 7) is 8.15. The Balaban J connectivity index is 1.96. The molecule has 9 heteroatoms. The maximum Gasteiger partial charge on any atom is 0.332 e. The molecule has 0 unspecified atom stereocenters. The van der Waals surface area contributed by atoms with Crippen LogP contribution in [0.2, 0.25) is 5.28 Å². The van der Waals surface area contributed by atoms with Crippen LogP contribution in [0.5, 0.6) is 0 Å². The molecular formula is C16H24ClN5O3. The monoisotopic (exact) mass is 369 g/mol. The van der Waals surface area contributed by atoms with E-state index in [1.165, 1.54) is 11.6 Å². The molecule has 0 spiro atoms. The number of fused-ring (bicyclic) bond motifs is 1. The summed E-state index contributed by atoms with van der Waals surface area (Å²) in [6.07, 6.45) is -0.0793. The van der Waals surface area contributed by atoms with E-state index < -0.39 is 11.2 Å². The lowest BCUT2D eigenvalue weighted by molar-refractivity contribution is -0.0385. The number of hydrogen-bond donors (Lipinski definition) is 0. The zero-order valence-electron chi connectivity index (χ0n) is 15.0. The molecule has 0 aromatic carbocycles. The van der Waals surface area contributed by atoms with Gasteiger partial charge >= 0.3 is 5.69 Å². The van der Waals surface area contributed by atoms with Gasteiger partial charge in [-0.1, -0.05) is 13.8 Å². The molecule has 1 saturated heterocycles. The van der Waals surface area contributed by atoms with Gasteiger partial charge in [0, 0.05) is 33.7 Å². The first-order valence-electron chi connectivity index (χ1n) is 8.45. The largest absolute Gasteiger partial charge is 0.374 e.